The largest absolute Gasteiger partial charge is 0.449 e. The van der Waals surface area contributed by atoms with Crippen molar-refractivity contribution < 1.29 is 9.53 Å². The second-order valence-corrected chi connectivity index (χ2v) is 7.09. The lowest BCUT2D eigenvalue weighted by atomic mass is 10.0. The molecule has 0 saturated heterocycles. The highest BCUT2D eigenvalue weighted by Gasteiger charge is 2.04. The Kier molecular flexibility index (Phi) is 11.0. The predicted octanol–water partition coefficient (Wildman–Crippen LogP) is 6.71. The second-order valence-electron chi connectivity index (χ2n) is 7.09. The van der Waals surface area contributed by atoms with Crippen LogP contribution >= 0.6 is 0 Å². The maximum atomic E-state index is 11.7. The van der Waals surface area contributed by atoms with Crippen LogP contribution in [0.25, 0.3) is 0 Å². The number of hydrogen-bond donors (Lipinski definition) is 1. The molecule has 1 aromatic rings. The Labute approximate surface area is 148 Å². The number of ether oxygens (including phenoxy) is 1. The Bertz CT molecular complexity index is 457. The molecule has 0 radical (unpaired) electrons. The van der Waals surface area contributed by atoms with Gasteiger partial charge in [0.25, 0.3) is 0 Å². The van der Waals surface area contributed by atoms with Gasteiger partial charge in [-0.1, -0.05) is 83.4 Å². The van der Waals surface area contributed by atoms with Crippen molar-refractivity contribution in [3.63, 3.8) is 0 Å². The van der Waals surface area contributed by atoms with E-state index in [0.717, 1.165) is 30.0 Å². The van der Waals surface area contributed by atoms with Crippen LogP contribution in [0, 0.1) is 12.8 Å². The molecule has 0 unspecified atom stereocenters. The molecule has 24 heavy (non-hydrogen) atoms. The van der Waals surface area contributed by atoms with Crippen molar-refractivity contribution in [1.29, 1.82) is 0 Å². The summed E-state index contributed by atoms with van der Waals surface area (Å²) >= 11 is 0. The smallest absolute Gasteiger partial charge is 0.411 e. The van der Waals surface area contributed by atoms with E-state index in [1.54, 1.807) is 0 Å². The summed E-state index contributed by atoms with van der Waals surface area (Å²) in [5.41, 5.74) is 1.86. The van der Waals surface area contributed by atoms with Gasteiger partial charge in [0, 0.05) is 5.69 Å². The molecule has 3 heteroatoms. The molecule has 0 spiro atoms. The predicted molar refractivity (Wildman–Crippen MR) is 103 cm³/mol. The van der Waals surface area contributed by atoms with Gasteiger partial charge in [0.15, 0.2) is 0 Å². The van der Waals surface area contributed by atoms with Gasteiger partial charge in [-0.3, -0.25) is 5.32 Å². The van der Waals surface area contributed by atoms with Gasteiger partial charge in [-0.15, -0.1) is 0 Å². The molecule has 1 rings (SSSR count). The van der Waals surface area contributed by atoms with Crippen molar-refractivity contribution in [3.05, 3.63) is 29.8 Å². The van der Waals surface area contributed by atoms with Crippen LogP contribution in [-0.2, 0) is 4.74 Å². The molecule has 0 aromatic heterocycles. The molecule has 0 aliphatic rings. The Hall–Kier alpha value is -1.51. The van der Waals surface area contributed by atoms with Crippen LogP contribution in [0.5, 0.6) is 0 Å². The number of carbonyl (C=O) groups excluding carboxylic acids is 1. The first-order chi connectivity index (χ1) is 11.6. The summed E-state index contributed by atoms with van der Waals surface area (Å²) in [6.45, 7) is 7.07. The first-order valence-corrected chi connectivity index (χ1v) is 9.59. The maximum absolute atomic E-state index is 11.7. The van der Waals surface area contributed by atoms with Gasteiger partial charge in [0.1, 0.15) is 0 Å². The van der Waals surface area contributed by atoms with Crippen LogP contribution in [0.4, 0.5) is 10.5 Å². The van der Waals surface area contributed by atoms with E-state index < -0.39 is 0 Å². The highest BCUT2D eigenvalue weighted by atomic mass is 16.5. The molecular weight excluding hydrogens is 298 g/mol. The fourth-order valence-corrected chi connectivity index (χ4v) is 2.74. The van der Waals surface area contributed by atoms with Crippen molar-refractivity contribution in [2.75, 3.05) is 11.9 Å². The van der Waals surface area contributed by atoms with E-state index >= 15 is 0 Å². The van der Waals surface area contributed by atoms with E-state index in [9.17, 15) is 4.79 Å². The normalized spacial score (nSPS) is 10.8. The van der Waals surface area contributed by atoms with Gasteiger partial charge in [-0.05, 0) is 30.9 Å². The minimum atomic E-state index is -0.352. The summed E-state index contributed by atoms with van der Waals surface area (Å²) in [4.78, 5) is 11.7. The number of carbonyl (C=O) groups is 1. The monoisotopic (exact) mass is 333 g/mol. The van der Waals surface area contributed by atoms with E-state index in [4.69, 9.17) is 4.74 Å². The van der Waals surface area contributed by atoms with Crippen molar-refractivity contribution in [1.82, 2.24) is 0 Å². The van der Waals surface area contributed by atoms with Gasteiger partial charge in [-0.2, -0.15) is 0 Å². The molecular formula is C21H35NO2. The molecule has 1 aromatic carbocycles. The summed E-state index contributed by atoms with van der Waals surface area (Å²) in [6.07, 6.45) is 11.1. The molecule has 3 nitrogen and oxygen atoms in total. The van der Waals surface area contributed by atoms with Gasteiger partial charge in [0.05, 0.1) is 6.61 Å². The number of aryl methyl sites for hydroxylation is 1. The standard InChI is InChI=1S/C21H35NO2/c1-18(2)14-10-8-6-4-5-7-9-13-17-24-21(23)22-20-16-12-11-15-19(20)3/h11-12,15-16,18H,4-10,13-14,17H2,1-3H3,(H,22,23). The fraction of sp³-hybridized carbons (Fsp3) is 0.667. The molecule has 0 atom stereocenters. The summed E-state index contributed by atoms with van der Waals surface area (Å²) in [6, 6.07) is 7.72. The summed E-state index contributed by atoms with van der Waals surface area (Å²) in [5.74, 6) is 0.841. The first kappa shape index (κ1) is 20.5. The number of amides is 1. The third kappa shape index (κ3) is 10.3. The molecule has 0 aliphatic carbocycles. The van der Waals surface area contributed by atoms with Crippen LogP contribution in [0.1, 0.15) is 77.2 Å². The Morgan fingerprint density at radius 1 is 0.958 bits per heavy atom. The van der Waals surface area contributed by atoms with Gasteiger partial charge in [-0.25, -0.2) is 4.79 Å². The Balaban J connectivity index is 1.91. The number of rotatable bonds is 12. The van der Waals surface area contributed by atoms with Gasteiger partial charge >= 0.3 is 6.09 Å². The molecule has 0 aliphatic heterocycles. The maximum Gasteiger partial charge on any atom is 0.411 e. The van der Waals surface area contributed by atoms with Crippen molar-refractivity contribution >= 4 is 11.8 Å². The van der Waals surface area contributed by atoms with E-state index in [2.05, 4.69) is 19.2 Å². The molecule has 0 fully saturated rings. The molecule has 1 amide bonds. The van der Waals surface area contributed by atoms with E-state index in [-0.39, 0.29) is 6.09 Å². The minimum absolute atomic E-state index is 0.352. The molecule has 0 saturated carbocycles. The molecule has 136 valence electrons. The number of hydrogen-bond acceptors (Lipinski definition) is 2. The molecule has 0 bridgehead atoms. The zero-order valence-corrected chi connectivity index (χ0v) is 15.8. The summed E-state index contributed by atoms with van der Waals surface area (Å²) < 4.78 is 5.23. The van der Waals surface area contributed by atoms with E-state index in [0.29, 0.717) is 6.61 Å². The van der Waals surface area contributed by atoms with Crippen LogP contribution < -0.4 is 5.32 Å². The van der Waals surface area contributed by atoms with Crippen molar-refractivity contribution in [2.24, 2.45) is 5.92 Å². The molecule has 1 N–H and O–H groups in total. The lowest BCUT2D eigenvalue weighted by molar-refractivity contribution is 0.159. The van der Waals surface area contributed by atoms with Crippen LogP contribution in [-0.4, -0.2) is 12.7 Å². The van der Waals surface area contributed by atoms with Crippen molar-refractivity contribution in [2.45, 2.75) is 78.6 Å². The number of benzene rings is 1. The quantitative estimate of drug-likeness (QED) is 0.432. The minimum Gasteiger partial charge on any atom is -0.449 e. The van der Waals surface area contributed by atoms with Crippen molar-refractivity contribution in [3.8, 4) is 0 Å². The van der Waals surface area contributed by atoms with Crippen LogP contribution in [0.2, 0.25) is 0 Å². The summed E-state index contributed by atoms with van der Waals surface area (Å²) in [7, 11) is 0. The molecule has 0 heterocycles. The van der Waals surface area contributed by atoms with Crippen LogP contribution in [0.15, 0.2) is 24.3 Å². The second kappa shape index (κ2) is 12.9. The third-order valence-corrected chi connectivity index (χ3v) is 4.29. The number of unbranched alkanes of at least 4 members (excludes halogenated alkanes) is 7. The zero-order chi connectivity index (χ0) is 17.6. The zero-order valence-electron chi connectivity index (χ0n) is 15.8. The van der Waals surface area contributed by atoms with Gasteiger partial charge in [0.2, 0.25) is 0 Å². The topological polar surface area (TPSA) is 38.3 Å². The van der Waals surface area contributed by atoms with Gasteiger partial charge < -0.3 is 4.74 Å². The van der Waals surface area contributed by atoms with E-state index in [1.165, 1.54) is 44.9 Å². The first-order valence-electron chi connectivity index (χ1n) is 9.59. The van der Waals surface area contributed by atoms with Crippen LogP contribution in [0.3, 0.4) is 0 Å². The fourth-order valence-electron chi connectivity index (χ4n) is 2.74. The SMILES string of the molecule is Cc1ccccc1NC(=O)OCCCCCCCCCCC(C)C. The average molecular weight is 334 g/mol. The highest BCUT2D eigenvalue weighted by Crippen LogP contribution is 2.14. The Morgan fingerprint density at radius 3 is 2.17 bits per heavy atom. The lowest BCUT2D eigenvalue weighted by Gasteiger charge is -2.09. The third-order valence-electron chi connectivity index (χ3n) is 4.29. The Morgan fingerprint density at radius 2 is 1.54 bits per heavy atom. The average Bonchev–Trinajstić information content (AvgIpc) is 2.54. The number of para-hydroxylation sites is 1. The number of nitrogens with one attached hydrogen (secondary N) is 1. The summed E-state index contributed by atoms with van der Waals surface area (Å²) in [5, 5.41) is 2.79. The number of anilines is 1. The highest BCUT2D eigenvalue weighted by molar-refractivity contribution is 5.85. The van der Waals surface area contributed by atoms with E-state index in [1.807, 2.05) is 31.2 Å². The lowest BCUT2D eigenvalue weighted by Crippen LogP contribution is -2.15.